The summed E-state index contributed by atoms with van der Waals surface area (Å²) >= 11 is 0. The summed E-state index contributed by atoms with van der Waals surface area (Å²) in [6.07, 6.45) is 4.15. The van der Waals surface area contributed by atoms with Crippen molar-refractivity contribution in [1.82, 2.24) is 4.90 Å². The summed E-state index contributed by atoms with van der Waals surface area (Å²) in [6, 6.07) is 6.33. The molecule has 2 rings (SSSR count). The number of amides is 1. The normalized spacial score (nSPS) is 19.8. The highest BCUT2D eigenvalue weighted by atomic mass is 16.5. The molecule has 166 valence electrons. The molecule has 0 aromatic heterocycles. The minimum absolute atomic E-state index is 0.0427. The lowest BCUT2D eigenvalue weighted by atomic mass is 9.68. The Labute approximate surface area is 181 Å². The quantitative estimate of drug-likeness (QED) is 0.635. The molecule has 5 heteroatoms. The van der Waals surface area contributed by atoms with Gasteiger partial charge in [0.05, 0.1) is 13.5 Å². The maximum atomic E-state index is 12.9. The largest absolute Gasteiger partial charge is 0.496 e. The predicted molar refractivity (Wildman–Crippen MR) is 120 cm³/mol. The molecule has 1 atom stereocenters. The van der Waals surface area contributed by atoms with Crippen LogP contribution in [0, 0.1) is 11.3 Å². The zero-order valence-corrected chi connectivity index (χ0v) is 19.5. The molecule has 1 N–H and O–H groups in total. The zero-order chi connectivity index (χ0) is 22.7. The van der Waals surface area contributed by atoms with Crippen molar-refractivity contribution in [2.24, 2.45) is 11.3 Å². The van der Waals surface area contributed by atoms with Crippen molar-refractivity contribution in [2.45, 2.75) is 72.6 Å². The Hall–Kier alpha value is -2.30. The highest BCUT2D eigenvalue weighted by Gasteiger charge is 2.40. The van der Waals surface area contributed by atoms with Crippen molar-refractivity contribution in [3.05, 3.63) is 41.1 Å². The highest BCUT2D eigenvalue weighted by molar-refractivity contribution is 5.82. The van der Waals surface area contributed by atoms with E-state index in [0.29, 0.717) is 6.42 Å². The van der Waals surface area contributed by atoms with Crippen molar-refractivity contribution in [1.29, 1.82) is 0 Å². The van der Waals surface area contributed by atoms with Gasteiger partial charge in [0, 0.05) is 24.6 Å². The number of nitrogens with zero attached hydrogens (tertiary/aromatic N) is 1. The number of aryl methyl sites for hydroxylation is 1. The predicted octanol–water partition coefficient (Wildman–Crippen LogP) is 5.18. The summed E-state index contributed by atoms with van der Waals surface area (Å²) in [5, 5.41) is 8.99. The third-order valence-electron chi connectivity index (χ3n) is 6.01. The van der Waals surface area contributed by atoms with Gasteiger partial charge in [-0.3, -0.25) is 9.59 Å². The van der Waals surface area contributed by atoms with Crippen LogP contribution in [0.4, 0.5) is 0 Å². The van der Waals surface area contributed by atoms with Gasteiger partial charge in [-0.2, -0.15) is 0 Å². The van der Waals surface area contributed by atoms with Gasteiger partial charge in [-0.05, 0) is 46.9 Å². The van der Waals surface area contributed by atoms with Crippen LogP contribution in [0.2, 0.25) is 0 Å². The number of hydrogen-bond acceptors (Lipinski definition) is 3. The van der Waals surface area contributed by atoms with Crippen LogP contribution >= 0.6 is 0 Å². The first-order chi connectivity index (χ1) is 13.9. The van der Waals surface area contributed by atoms with Crippen LogP contribution in [-0.2, 0) is 21.4 Å². The van der Waals surface area contributed by atoms with Crippen molar-refractivity contribution in [3.8, 4) is 5.75 Å². The summed E-state index contributed by atoms with van der Waals surface area (Å²) < 4.78 is 5.72. The molecular formula is C25H37NO4. The standard InChI is InChI=1S/C25H37NO4/c1-17(2)20-16-26(13-11-23(28)29)22(27)15-25(20,6)19-9-8-18(21(14-19)30-7)10-12-24(3,4)5/h8-9,14,16-17H,10-13,15H2,1-7H3,(H,28,29)/t25-/m1/s1. The Balaban J connectivity index is 2.41. The molecule has 1 aliphatic heterocycles. The number of hydrogen-bond donors (Lipinski definition) is 1. The summed E-state index contributed by atoms with van der Waals surface area (Å²) in [4.78, 5) is 25.4. The Morgan fingerprint density at radius 3 is 2.50 bits per heavy atom. The van der Waals surface area contributed by atoms with E-state index in [2.05, 4.69) is 59.7 Å². The van der Waals surface area contributed by atoms with E-state index in [1.165, 1.54) is 5.56 Å². The molecule has 30 heavy (non-hydrogen) atoms. The van der Waals surface area contributed by atoms with Crippen LogP contribution in [0.25, 0.3) is 0 Å². The van der Waals surface area contributed by atoms with Crippen molar-refractivity contribution < 1.29 is 19.4 Å². The molecule has 1 aliphatic rings. The number of ether oxygens (including phenoxy) is 1. The van der Waals surface area contributed by atoms with Crippen molar-refractivity contribution in [2.75, 3.05) is 13.7 Å². The van der Waals surface area contributed by atoms with E-state index in [4.69, 9.17) is 9.84 Å². The first-order valence-corrected chi connectivity index (χ1v) is 10.8. The summed E-state index contributed by atoms with van der Waals surface area (Å²) in [5.74, 6) is 0.147. The van der Waals surface area contributed by atoms with Crippen LogP contribution < -0.4 is 4.74 Å². The van der Waals surface area contributed by atoms with Crippen LogP contribution in [0.1, 0.15) is 71.9 Å². The Morgan fingerprint density at radius 2 is 1.97 bits per heavy atom. The Kier molecular flexibility index (Phi) is 7.38. The average Bonchev–Trinajstić information content (AvgIpc) is 2.64. The van der Waals surface area contributed by atoms with E-state index >= 15 is 0 Å². The number of carbonyl (C=O) groups is 2. The fraction of sp³-hybridized carbons (Fsp3) is 0.600. The fourth-order valence-electron chi connectivity index (χ4n) is 4.15. The molecule has 0 bridgehead atoms. The fourth-order valence-corrected chi connectivity index (χ4v) is 4.15. The van der Waals surface area contributed by atoms with E-state index in [-0.39, 0.29) is 30.2 Å². The lowest BCUT2D eigenvalue weighted by Gasteiger charge is -2.41. The van der Waals surface area contributed by atoms with Gasteiger partial charge < -0.3 is 14.7 Å². The van der Waals surface area contributed by atoms with Gasteiger partial charge in [0.2, 0.25) is 5.91 Å². The second-order valence-electron chi connectivity index (χ2n) is 10.1. The number of carboxylic acids is 1. The van der Waals surface area contributed by atoms with Crippen LogP contribution in [0.15, 0.2) is 30.0 Å². The second-order valence-corrected chi connectivity index (χ2v) is 10.1. The summed E-state index contributed by atoms with van der Waals surface area (Å²) in [7, 11) is 1.70. The third-order valence-corrected chi connectivity index (χ3v) is 6.01. The molecule has 0 unspecified atom stereocenters. The summed E-state index contributed by atoms with van der Waals surface area (Å²) in [5.41, 5.74) is 3.18. The lowest BCUT2D eigenvalue weighted by Crippen LogP contribution is -2.42. The molecular weight excluding hydrogens is 378 g/mol. The summed E-state index contributed by atoms with van der Waals surface area (Å²) in [6.45, 7) is 13.2. The van der Waals surface area contributed by atoms with Crippen LogP contribution in [0.3, 0.4) is 0 Å². The number of benzene rings is 1. The molecule has 1 aromatic rings. The maximum absolute atomic E-state index is 12.9. The van der Waals surface area contributed by atoms with Gasteiger partial charge in [-0.25, -0.2) is 0 Å². The van der Waals surface area contributed by atoms with E-state index in [1.807, 2.05) is 6.20 Å². The van der Waals surface area contributed by atoms with Gasteiger partial charge in [-0.15, -0.1) is 0 Å². The topological polar surface area (TPSA) is 66.8 Å². The minimum atomic E-state index is -0.897. The number of carboxylic acid groups (broad SMARTS) is 1. The Morgan fingerprint density at radius 1 is 1.30 bits per heavy atom. The van der Waals surface area contributed by atoms with Gasteiger partial charge >= 0.3 is 5.97 Å². The SMILES string of the molecule is COc1cc([C@@]2(C)CC(=O)N(CCC(=O)O)C=C2C(C)C)ccc1CCC(C)(C)C. The third kappa shape index (κ3) is 5.65. The minimum Gasteiger partial charge on any atom is -0.496 e. The van der Waals surface area contributed by atoms with E-state index in [9.17, 15) is 9.59 Å². The van der Waals surface area contributed by atoms with E-state index in [0.717, 1.165) is 29.7 Å². The van der Waals surface area contributed by atoms with Crippen LogP contribution in [0.5, 0.6) is 5.75 Å². The Bertz CT molecular complexity index is 819. The zero-order valence-electron chi connectivity index (χ0n) is 19.5. The number of rotatable bonds is 8. The molecule has 1 amide bonds. The first kappa shape index (κ1) is 24.0. The van der Waals surface area contributed by atoms with Crippen LogP contribution in [-0.4, -0.2) is 35.5 Å². The monoisotopic (exact) mass is 415 g/mol. The molecule has 1 heterocycles. The van der Waals surface area contributed by atoms with Gasteiger partial charge in [0.25, 0.3) is 0 Å². The molecule has 0 aliphatic carbocycles. The van der Waals surface area contributed by atoms with E-state index in [1.54, 1.807) is 12.0 Å². The van der Waals surface area contributed by atoms with Crippen molar-refractivity contribution in [3.63, 3.8) is 0 Å². The van der Waals surface area contributed by atoms with Gasteiger partial charge in [-0.1, -0.05) is 53.7 Å². The lowest BCUT2D eigenvalue weighted by molar-refractivity contribution is -0.138. The molecule has 0 spiro atoms. The van der Waals surface area contributed by atoms with Crippen molar-refractivity contribution >= 4 is 11.9 Å². The number of carbonyl (C=O) groups excluding carboxylic acids is 1. The number of allylic oxidation sites excluding steroid dienone is 1. The highest BCUT2D eigenvalue weighted by Crippen LogP contribution is 2.44. The van der Waals surface area contributed by atoms with Gasteiger partial charge in [0.15, 0.2) is 0 Å². The molecule has 0 saturated carbocycles. The molecule has 0 saturated heterocycles. The molecule has 1 aromatic carbocycles. The first-order valence-electron chi connectivity index (χ1n) is 10.8. The maximum Gasteiger partial charge on any atom is 0.305 e. The second kappa shape index (κ2) is 9.23. The number of methoxy groups -OCH3 is 1. The molecule has 5 nitrogen and oxygen atoms in total. The molecule has 0 radical (unpaired) electrons. The molecule has 0 fully saturated rings. The smallest absolute Gasteiger partial charge is 0.305 e. The number of aliphatic carboxylic acids is 1. The average molecular weight is 416 g/mol. The van der Waals surface area contributed by atoms with E-state index < -0.39 is 11.4 Å². The van der Waals surface area contributed by atoms with Gasteiger partial charge in [0.1, 0.15) is 5.75 Å².